The number of hydrogen-bond donors (Lipinski definition) is 2. The molecule has 0 saturated carbocycles. The molecule has 54 valence electrons. The van der Waals surface area contributed by atoms with Crippen molar-refractivity contribution in [2.75, 3.05) is 0 Å². The van der Waals surface area contributed by atoms with Gasteiger partial charge in [-0.1, -0.05) is 16.8 Å². The van der Waals surface area contributed by atoms with Crippen LogP contribution in [-0.2, 0) is 0 Å². The van der Waals surface area contributed by atoms with E-state index in [-0.39, 0.29) is 5.84 Å². The highest BCUT2D eigenvalue weighted by molar-refractivity contribution is 7.14. The summed E-state index contributed by atoms with van der Waals surface area (Å²) in [6.45, 7) is 0. The van der Waals surface area contributed by atoms with Crippen molar-refractivity contribution in [1.82, 2.24) is 0 Å². The summed E-state index contributed by atoms with van der Waals surface area (Å²) in [4.78, 5) is 0. The highest BCUT2D eigenvalue weighted by Gasteiger charge is 2.04. The van der Waals surface area contributed by atoms with Crippen LogP contribution in [0.25, 0.3) is 0 Å². The number of hydrogen-bond acceptors (Lipinski definition) is 3. The van der Waals surface area contributed by atoms with Gasteiger partial charge in [0.1, 0.15) is 4.34 Å². The lowest BCUT2D eigenvalue weighted by Crippen LogP contribution is -2.11. The molecule has 0 aliphatic carbocycles. The molecule has 0 radical (unpaired) electrons. The Balaban J connectivity index is 3.05. The van der Waals surface area contributed by atoms with Gasteiger partial charge in [0.15, 0.2) is 5.84 Å². The third kappa shape index (κ3) is 1.22. The smallest absolute Gasteiger partial charge is 0.172 e. The van der Waals surface area contributed by atoms with Crippen LogP contribution in [0.5, 0.6) is 0 Å². The van der Waals surface area contributed by atoms with Gasteiger partial charge in [-0.15, -0.1) is 11.3 Å². The first kappa shape index (κ1) is 7.37. The topological polar surface area (TPSA) is 58.6 Å². The quantitative estimate of drug-likeness (QED) is 0.295. The minimum absolute atomic E-state index is 0.0475. The van der Waals surface area contributed by atoms with Crippen molar-refractivity contribution in [2.45, 2.75) is 0 Å². The Morgan fingerprint density at radius 2 is 2.50 bits per heavy atom. The number of amidine groups is 1. The Bertz CT molecular complexity index is 258. The highest BCUT2D eigenvalue weighted by atomic mass is 35.5. The fourth-order valence-corrected chi connectivity index (χ4v) is 1.47. The van der Waals surface area contributed by atoms with Gasteiger partial charge >= 0.3 is 0 Å². The zero-order chi connectivity index (χ0) is 7.56. The summed E-state index contributed by atoms with van der Waals surface area (Å²) >= 11 is 7.00. The number of halogens is 1. The molecular formula is C5H5ClN2OS. The molecule has 0 bridgehead atoms. The summed E-state index contributed by atoms with van der Waals surface area (Å²) in [5.41, 5.74) is 5.84. The van der Waals surface area contributed by atoms with Crippen LogP contribution in [0.2, 0.25) is 4.34 Å². The van der Waals surface area contributed by atoms with Crippen LogP contribution < -0.4 is 5.73 Å². The number of rotatable bonds is 1. The monoisotopic (exact) mass is 176 g/mol. The van der Waals surface area contributed by atoms with Crippen LogP contribution in [-0.4, -0.2) is 11.0 Å². The van der Waals surface area contributed by atoms with Crippen molar-refractivity contribution in [2.24, 2.45) is 10.9 Å². The molecule has 0 aliphatic rings. The fraction of sp³-hybridized carbons (Fsp3) is 0. The zero-order valence-electron chi connectivity index (χ0n) is 4.91. The maximum Gasteiger partial charge on any atom is 0.172 e. The molecule has 3 N–H and O–H groups in total. The lowest BCUT2D eigenvalue weighted by Gasteiger charge is -1.91. The summed E-state index contributed by atoms with van der Waals surface area (Å²) in [6, 6.07) is 1.70. The molecule has 10 heavy (non-hydrogen) atoms. The largest absolute Gasteiger partial charge is 0.409 e. The van der Waals surface area contributed by atoms with E-state index in [4.69, 9.17) is 22.5 Å². The van der Waals surface area contributed by atoms with E-state index in [1.807, 2.05) is 0 Å². The van der Waals surface area contributed by atoms with Crippen molar-refractivity contribution < 1.29 is 5.21 Å². The summed E-state index contributed by atoms with van der Waals surface area (Å²) < 4.78 is 0.537. The molecule has 0 fully saturated rings. The van der Waals surface area contributed by atoms with Gasteiger partial charge in [0, 0.05) is 5.56 Å². The number of oxime groups is 1. The van der Waals surface area contributed by atoms with Crippen molar-refractivity contribution in [3.63, 3.8) is 0 Å². The predicted molar refractivity (Wildman–Crippen MR) is 41.8 cm³/mol. The first-order valence-electron chi connectivity index (χ1n) is 2.46. The van der Waals surface area contributed by atoms with E-state index in [0.717, 1.165) is 0 Å². The molecule has 1 aromatic rings. The van der Waals surface area contributed by atoms with Gasteiger partial charge in [0.25, 0.3) is 0 Å². The summed E-state index contributed by atoms with van der Waals surface area (Å²) in [7, 11) is 0. The van der Waals surface area contributed by atoms with Crippen LogP contribution in [0, 0.1) is 0 Å². The van der Waals surface area contributed by atoms with Crippen molar-refractivity contribution in [3.8, 4) is 0 Å². The molecular weight excluding hydrogens is 172 g/mol. The number of nitrogens with two attached hydrogens (primary N) is 1. The molecule has 0 atom stereocenters. The summed E-state index contributed by atoms with van der Waals surface area (Å²) in [5, 5.41) is 12.8. The van der Waals surface area contributed by atoms with Gasteiger partial charge < -0.3 is 10.9 Å². The maximum atomic E-state index is 8.24. The normalized spacial score (nSPS) is 11.9. The second kappa shape index (κ2) is 2.90. The zero-order valence-corrected chi connectivity index (χ0v) is 6.49. The van der Waals surface area contributed by atoms with Gasteiger partial charge in [-0.05, 0) is 11.4 Å². The lowest BCUT2D eigenvalue weighted by molar-refractivity contribution is 0.318. The molecule has 5 heteroatoms. The van der Waals surface area contributed by atoms with E-state index in [0.29, 0.717) is 9.90 Å². The van der Waals surface area contributed by atoms with Gasteiger partial charge in [-0.25, -0.2) is 0 Å². The minimum atomic E-state index is 0.0475. The summed E-state index contributed by atoms with van der Waals surface area (Å²) in [6.07, 6.45) is 0. The van der Waals surface area contributed by atoms with Crippen molar-refractivity contribution >= 4 is 28.8 Å². The van der Waals surface area contributed by atoms with Gasteiger partial charge in [0.2, 0.25) is 0 Å². The second-order valence-electron chi connectivity index (χ2n) is 1.59. The van der Waals surface area contributed by atoms with E-state index in [1.165, 1.54) is 11.3 Å². The molecule has 0 amide bonds. The van der Waals surface area contributed by atoms with E-state index in [1.54, 1.807) is 11.4 Å². The Morgan fingerprint density at radius 3 is 2.90 bits per heavy atom. The molecule has 0 aromatic carbocycles. The Kier molecular flexibility index (Phi) is 2.13. The fourth-order valence-electron chi connectivity index (χ4n) is 0.531. The Hall–Kier alpha value is -0.740. The predicted octanol–water partition coefficient (Wildman–Crippen LogP) is 1.50. The molecule has 1 rings (SSSR count). The van der Waals surface area contributed by atoms with Crippen LogP contribution in [0.15, 0.2) is 16.6 Å². The summed E-state index contributed by atoms with van der Waals surface area (Å²) in [5.74, 6) is 0.0475. The average molecular weight is 177 g/mol. The van der Waals surface area contributed by atoms with Gasteiger partial charge in [-0.2, -0.15) is 0 Å². The average Bonchev–Trinajstić information content (AvgIpc) is 2.34. The molecule has 0 saturated heterocycles. The SMILES string of the molecule is N/C(=N/O)c1ccsc1Cl. The van der Waals surface area contributed by atoms with Gasteiger partial charge in [0.05, 0.1) is 0 Å². The van der Waals surface area contributed by atoms with Crippen molar-refractivity contribution in [1.29, 1.82) is 0 Å². The third-order valence-corrected chi connectivity index (χ3v) is 2.17. The molecule has 0 unspecified atom stereocenters. The Morgan fingerprint density at radius 1 is 1.80 bits per heavy atom. The number of nitrogens with zero attached hydrogens (tertiary/aromatic N) is 1. The molecule has 0 spiro atoms. The van der Waals surface area contributed by atoms with Crippen LogP contribution in [0.1, 0.15) is 5.56 Å². The maximum absolute atomic E-state index is 8.24. The van der Waals surface area contributed by atoms with Crippen molar-refractivity contribution in [3.05, 3.63) is 21.3 Å². The van der Waals surface area contributed by atoms with E-state index in [9.17, 15) is 0 Å². The molecule has 1 heterocycles. The third-order valence-electron chi connectivity index (χ3n) is 1.00. The number of thiophene rings is 1. The van der Waals surface area contributed by atoms with E-state index >= 15 is 0 Å². The lowest BCUT2D eigenvalue weighted by atomic mass is 10.3. The molecule has 3 nitrogen and oxygen atoms in total. The van der Waals surface area contributed by atoms with Crippen LogP contribution in [0.4, 0.5) is 0 Å². The van der Waals surface area contributed by atoms with Gasteiger partial charge in [-0.3, -0.25) is 0 Å². The second-order valence-corrected chi connectivity index (χ2v) is 3.11. The molecule has 0 aliphatic heterocycles. The standard InChI is InChI=1S/C5H5ClN2OS/c6-4-3(1-2-10-4)5(7)8-9/h1-2,9H,(H2,7,8). The van der Waals surface area contributed by atoms with E-state index in [2.05, 4.69) is 5.16 Å². The van der Waals surface area contributed by atoms with Crippen LogP contribution in [0.3, 0.4) is 0 Å². The first-order valence-corrected chi connectivity index (χ1v) is 3.72. The van der Waals surface area contributed by atoms with Crippen LogP contribution >= 0.6 is 22.9 Å². The highest BCUT2D eigenvalue weighted by Crippen LogP contribution is 2.21. The molecule has 1 aromatic heterocycles. The minimum Gasteiger partial charge on any atom is -0.409 e. The van der Waals surface area contributed by atoms with E-state index < -0.39 is 0 Å². The first-order chi connectivity index (χ1) is 4.75. The Labute approximate surface area is 66.7 Å².